The zero-order valence-electron chi connectivity index (χ0n) is 12.7. The minimum atomic E-state index is -1.15. The average Bonchev–Trinajstić information content (AvgIpc) is 2.57. The number of benzene rings is 1. The summed E-state index contributed by atoms with van der Waals surface area (Å²) in [4.78, 5) is 37.9. The Morgan fingerprint density at radius 3 is 2.68 bits per heavy atom. The third-order valence-corrected chi connectivity index (χ3v) is 3.70. The van der Waals surface area contributed by atoms with Gasteiger partial charge in [0, 0.05) is 24.0 Å². The van der Waals surface area contributed by atoms with Crippen molar-refractivity contribution in [3.8, 4) is 0 Å². The first-order valence-electron chi connectivity index (χ1n) is 6.85. The summed E-state index contributed by atoms with van der Waals surface area (Å²) >= 11 is 11.4. The van der Waals surface area contributed by atoms with Crippen molar-refractivity contribution < 1.29 is 19.2 Å². The second kappa shape index (κ2) is 7.91. The van der Waals surface area contributed by atoms with Gasteiger partial charge in [-0.3, -0.25) is 14.9 Å². The number of ether oxygens (including phenoxy) is 1. The molecular weight excluding hydrogens is 373 g/mol. The zero-order valence-corrected chi connectivity index (χ0v) is 14.2. The first-order chi connectivity index (χ1) is 11.8. The molecule has 0 spiro atoms. The highest BCUT2D eigenvalue weighted by Gasteiger charge is 2.20. The van der Waals surface area contributed by atoms with E-state index in [1.165, 1.54) is 43.5 Å². The Labute approximate surface area is 151 Å². The van der Waals surface area contributed by atoms with Crippen LogP contribution in [0.2, 0.25) is 10.2 Å². The third-order valence-electron chi connectivity index (χ3n) is 3.01. The molecule has 0 saturated heterocycles. The van der Waals surface area contributed by atoms with E-state index in [1.807, 2.05) is 0 Å². The second-order valence-electron chi connectivity index (χ2n) is 4.84. The van der Waals surface area contributed by atoms with Gasteiger partial charge in [-0.1, -0.05) is 29.3 Å². The SMILES string of the molecule is CC(OC(=O)c1cnc(Cl)c(Cl)c1)C(=O)Nc1cccc([N+](=O)[O-])c1. The number of nitro groups is 1. The number of nitrogens with zero attached hydrogens (tertiary/aromatic N) is 2. The van der Waals surface area contributed by atoms with Gasteiger partial charge in [-0.25, -0.2) is 9.78 Å². The van der Waals surface area contributed by atoms with Gasteiger partial charge in [-0.05, 0) is 19.1 Å². The Morgan fingerprint density at radius 2 is 2.04 bits per heavy atom. The molecule has 2 aromatic rings. The first-order valence-corrected chi connectivity index (χ1v) is 7.61. The van der Waals surface area contributed by atoms with E-state index in [2.05, 4.69) is 10.3 Å². The number of pyridine rings is 1. The molecule has 130 valence electrons. The van der Waals surface area contributed by atoms with Gasteiger partial charge >= 0.3 is 5.97 Å². The van der Waals surface area contributed by atoms with Gasteiger partial charge in [-0.15, -0.1) is 0 Å². The Bertz CT molecular complexity index is 844. The molecule has 1 atom stereocenters. The van der Waals surface area contributed by atoms with Crippen LogP contribution in [0.15, 0.2) is 36.5 Å². The zero-order chi connectivity index (χ0) is 18.6. The number of esters is 1. The van der Waals surface area contributed by atoms with Crippen LogP contribution in [0.1, 0.15) is 17.3 Å². The normalized spacial score (nSPS) is 11.5. The van der Waals surface area contributed by atoms with Crippen molar-refractivity contribution in [2.24, 2.45) is 0 Å². The maximum Gasteiger partial charge on any atom is 0.340 e. The van der Waals surface area contributed by atoms with E-state index >= 15 is 0 Å². The molecular formula is C15H11Cl2N3O5. The molecule has 0 aliphatic carbocycles. The fraction of sp³-hybridized carbons (Fsp3) is 0.133. The van der Waals surface area contributed by atoms with Crippen LogP contribution in [0.3, 0.4) is 0 Å². The van der Waals surface area contributed by atoms with Crippen LogP contribution < -0.4 is 5.32 Å². The Kier molecular flexibility index (Phi) is 5.89. The quantitative estimate of drug-likeness (QED) is 0.366. The highest BCUT2D eigenvalue weighted by atomic mass is 35.5. The van der Waals surface area contributed by atoms with Crippen molar-refractivity contribution in [3.05, 3.63) is 62.4 Å². The molecule has 1 heterocycles. The fourth-order valence-electron chi connectivity index (χ4n) is 1.76. The number of nitro benzene ring substituents is 1. The van der Waals surface area contributed by atoms with Crippen LogP contribution in [-0.4, -0.2) is 27.9 Å². The van der Waals surface area contributed by atoms with E-state index in [1.54, 1.807) is 0 Å². The number of hydrogen-bond acceptors (Lipinski definition) is 6. The maximum absolute atomic E-state index is 12.1. The summed E-state index contributed by atoms with van der Waals surface area (Å²) < 4.78 is 5.02. The van der Waals surface area contributed by atoms with Crippen molar-refractivity contribution in [2.45, 2.75) is 13.0 Å². The van der Waals surface area contributed by atoms with Crippen molar-refractivity contribution in [2.75, 3.05) is 5.32 Å². The number of carbonyl (C=O) groups excluding carboxylic acids is 2. The summed E-state index contributed by atoms with van der Waals surface area (Å²) in [5.74, 6) is -1.46. The average molecular weight is 384 g/mol. The minimum absolute atomic E-state index is 0.0319. The number of aromatic nitrogens is 1. The van der Waals surface area contributed by atoms with E-state index in [-0.39, 0.29) is 27.1 Å². The van der Waals surface area contributed by atoms with E-state index in [0.29, 0.717) is 0 Å². The predicted octanol–water partition coefficient (Wildman–Crippen LogP) is 3.48. The number of amides is 1. The van der Waals surface area contributed by atoms with Crippen LogP contribution in [0.5, 0.6) is 0 Å². The summed E-state index contributed by atoms with van der Waals surface area (Å²) in [5.41, 5.74) is 0.0621. The fourth-order valence-corrected chi connectivity index (χ4v) is 2.03. The highest BCUT2D eigenvalue weighted by Crippen LogP contribution is 2.21. The minimum Gasteiger partial charge on any atom is -0.449 e. The van der Waals surface area contributed by atoms with E-state index in [4.69, 9.17) is 27.9 Å². The summed E-state index contributed by atoms with van der Waals surface area (Å²) in [6, 6.07) is 6.64. The first kappa shape index (κ1) is 18.6. The molecule has 1 aromatic carbocycles. The molecule has 0 saturated carbocycles. The molecule has 0 aliphatic rings. The molecule has 1 amide bonds. The summed E-state index contributed by atoms with van der Waals surface area (Å²) in [7, 11) is 0. The third kappa shape index (κ3) is 4.88. The van der Waals surface area contributed by atoms with Crippen LogP contribution in [0, 0.1) is 10.1 Å². The molecule has 8 nitrogen and oxygen atoms in total. The van der Waals surface area contributed by atoms with Crippen LogP contribution in [0.25, 0.3) is 0 Å². The number of non-ortho nitro benzene ring substituents is 1. The summed E-state index contributed by atoms with van der Waals surface area (Å²) in [6.45, 7) is 1.36. The standard InChI is InChI=1S/C15H11Cl2N3O5/c1-8(25-15(22)9-5-12(16)13(17)18-7-9)14(21)19-10-3-2-4-11(6-10)20(23)24/h2-8H,1H3,(H,19,21). The lowest BCUT2D eigenvalue weighted by Crippen LogP contribution is -2.30. The van der Waals surface area contributed by atoms with Crippen molar-refractivity contribution in [1.29, 1.82) is 0 Å². The Morgan fingerprint density at radius 1 is 1.32 bits per heavy atom. The topological polar surface area (TPSA) is 111 Å². The van der Waals surface area contributed by atoms with Gasteiger partial charge in [0.25, 0.3) is 11.6 Å². The predicted molar refractivity (Wildman–Crippen MR) is 90.9 cm³/mol. The van der Waals surface area contributed by atoms with Crippen LogP contribution in [-0.2, 0) is 9.53 Å². The highest BCUT2D eigenvalue weighted by molar-refractivity contribution is 6.41. The molecule has 1 unspecified atom stereocenters. The number of halogens is 2. The smallest absolute Gasteiger partial charge is 0.340 e. The number of anilines is 1. The lowest BCUT2D eigenvalue weighted by atomic mass is 10.2. The van der Waals surface area contributed by atoms with Gasteiger partial charge in [-0.2, -0.15) is 0 Å². The lowest BCUT2D eigenvalue weighted by Gasteiger charge is -2.13. The Hall–Kier alpha value is -2.71. The van der Waals surface area contributed by atoms with E-state index in [0.717, 1.165) is 0 Å². The monoisotopic (exact) mass is 383 g/mol. The van der Waals surface area contributed by atoms with Crippen molar-refractivity contribution in [3.63, 3.8) is 0 Å². The molecule has 0 radical (unpaired) electrons. The summed E-state index contributed by atoms with van der Waals surface area (Å²) in [6.07, 6.45) is 0.0167. The number of nitrogens with one attached hydrogen (secondary N) is 1. The lowest BCUT2D eigenvalue weighted by molar-refractivity contribution is -0.384. The Balaban J connectivity index is 2.02. The molecule has 0 bridgehead atoms. The van der Waals surface area contributed by atoms with Crippen molar-refractivity contribution in [1.82, 2.24) is 4.98 Å². The largest absolute Gasteiger partial charge is 0.449 e. The van der Waals surface area contributed by atoms with Gasteiger partial charge in [0.1, 0.15) is 5.15 Å². The van der Waals surface area contributed by atoms with Crippen LogP contribution in [0.4, 0.5) is 11.4 Å². The molecule has 0 aliphatic heterocycles. The molecule has 2 rings (SSSR count). The van der Waals surface area contributed by atoms with E-state index < -0.39 is 22.9 Å². The molecule has 10 heteroatoms. The molecule has 1 aromatic heterocycles. The van der Waals surface area contributed by atoms with Gasteiger partial charge in [0.05, 0.1) is 15.5 Å². The number of rotatable bonds is 5. The second-order valence-corrected chi connectivity index (χ2v) is 5.61. The summed E-state index contributed by atoms with van der Waals surface area (Å²) in [5, 5.41) is 13.3. The van der Waals surface area contributed by atoms with Crippen molar-refractivity contribution >= 4 is 46.5 Å². The molecule has 1 N–H and O–H groups in total. The van der Waals surface area contributed by atoms with Gasteiger partial charge in [0.15, 0.2) is 6.10 Å². The molecule has 25 heavy (non-hydrogen) atoms. The molecule has 0 fully saturated rings. The number of carbonyl (C=O) groups is 2. The van der Waals surface area contributed by atoms with E-state index in [9.17, 15) is 19.7 Å². The maximum atomic E-state index is 12.1. The van der Waals surface area contributed by atoms with Crippen LogP contribution >= 0.6 is 23.2 Å². The van der Waals surface area contributed by atoms with Gasteiger partial charge < -0.3 is 10.1 Å². The number of hydrogen-bond donors (Lipinski definition) is 1. The van der Waals surface area contributed by atoms with Gasteiger partial charge in [0.2, 0.25) is 0 Å².